The summed E-state index contributed by atoms with van der Waals surface area (Å²) in [5.41, 5.74) is -0.697. The summed E-state index contributed by atoms with van der Waals surface area (Å²) in [6.45, 7) is 0.975. The van der Waals surface area contributed by atoms with E-state index in [9.17, 15) is 13.2 Å². The number of alkyl halides is 3. The lowest BCUT2D eigenvalue weighted by Crippen LogP contribution is -2.49. The van der Waals surface area contributed by atoms with Crippen molar-refractivity contribution in [2.24, 2.45) is 0 Å². The van der Waals surface area contributed by atoms with Gasteiger partial charge in [0, 0.05) is 19.7 Å². The molecule has 3 rings (SSSR count). The van der Waals surface area contributed by atoms with Gasteiger partial charge in [-0.3, -0.25) is 0 Å². The van der Waals surface area contributed by atoms with Crippen molar-refractivity contribution in [2.45, 2.75) is 18.5 Å². The fourth-order valence-corrected chi connectivity index (χ4v) is 2.65. The lowest BCUT2D eigenvalue weighted by atomic mass is 9.86. The van der Waals surface area contributed by atoms with Gasteiger partial charge in [0.05, 0.1) is 29.9 Å². The standard InChI is InChI=1S/C12H13F3N4O/c1-7-3-9-16-4-8-10(19(9)18-7)11(5-17-8,6-20-2)12(13,14)15/h3-4,17H,5-6H2,1-2H3. The van der Waals surface area contributed by atoms with Crippen LogP contribution in [-0.2, 0) is 10.2 Å². The Morgan fingerprint density at radius 1 is 1.50 bits per heavy atom. The fourth-order valence-electron chi connectivity index (χ4n) is 2.65. The maximum absolute atomic E-state index is 13.6. The van der Waals surface area contributed by atoms with E-state index in [1.54, 1.807) is 13.0 Å². The molecule has 0 aliphatic carbocycles. The molecule has 1 unspecified atom stereocenters. The molecule has 1 aliphatic heterocycles. The average molecular weight is 286 g/mol. The van der Waals surface area contributed by atoms with Crippen LogP contribution in [0.4, 0.5) is 18.9 Å². The maximum Gasteiger partial charge on any atom is 0.403 e. The molecule has 2 aromatic heterocycles. The number of fused-ring (bicyclic) bond motifs is 3. The number of anilines is 1. The van der Waals surface area contributed by atoms with Gasteiger partial charge in [-0.05, 0) is 6.92 Å². The van der Waals surface area contributed by atoms with Crippen molar-refractivity contribution in [3.63, 3.8) is 0 Å². The van der Waals surface area contributed by atoms with Gasteiger partial charge in [-0.25, -0.2) is 9.50 Å². The Hall–Kier alpha value is -1.83. The molecule has 0 bridgehead atoms. The van der Waals surface area contributed by atoms with Gasteiger partial charge >= 0.3 is 6.18 Å². The van der Waals surface area contributed by atoms with Gasteiger partial charge in [-0.15, -0.1) is 0 Å². The Morgan fingerprint density at radius 2 is 2.25 bits per heavy atom. The van der Waals surface area contributed by atoms with Crippen LogP contribution in [0.5, 0.6) is 0 Å². The number of methoxy groups -OCH3 is 1. The zero-order valence-corrected chi connectivity index (χ0v) is 11.0. The van der Waals surface area contributed by atoms with Crippen LogP contribution in [0.25, 0.3) is 5.65 Å². The first-order valence-corrected chi connectivity index (χ1v) is 6.04. The second-order valence-corrected chi connectivity index (χ2v) is 4.94. The van der Waals surface area contributed by atoms with Crippen molar-refractivity contribution >= 4 is 11.3 Å². The van der Waals surface area contributed by atoms with Crippen molar-refractivity contribution in [1.29, 1.82) is 0 Å². The fraction of sp³-hybridized carbons (Fsp3) is 0.500. The quantitative estimate of drug-likeness (QED) is 0.916. The predicted molar refractivity (Wildman–Crippen MR) is 65.8 cm³/mol. The summed E-state index contributed by atoms with van der Waals surface area (Å²) in [5, 5.41) is 6.89. The average Bonchev–Trinajstić information content (AvgIpc) is 2.89. The Balaban J connectivity index is 2.32. The summed E-state index contributed by atoms with van der Waals surface area (Å²) in [7, 11) is 1.26. The molecule has 0 saturated carbocycles. The zero-order valence-electron chi connectivity index (χ0n) is 11.0. The largest absolute Gasteiger partial charge is 0.403 e. The molecule has 0 radical (unpaired) electrons. The van der Waals surface area contributed by atoms with Gasteiger partial charge in [0.25, 0.3) is 0 Å². The molecule has 20 heavy (non-hydrogen) atoms. The first-order valence-electron chi connectivity index (χ1n) is 6.04. The lowest BCUT2D eigenvalue weighted by molar-refractivity contribution is -0.198. The highest BCUT2D eigenvalue weighted by Crippen LogP contribution is 2.47. The number of hydrogen-bond acceptors (Lipinski definition) is 4. The summed E-state index contributed by atoms with van der Waals surface area (Å²) in [5.74, 6) is 0. The number of halogens is 3. The van der Waals surface area contributed by atoms with Crippen LogP contribution >= 0.6 is 0 Å². The molecule has 0 amide bonds. The minimum atomic E-state index is -4.45. The van der Waals surface area contributed by atoms with Crippen molar-refractivity contribution in [2.75, 3.05) is 25.6 Å². The number of rotatable bonds is 2. The number of aryl methyl sites for hydroxylation is 1. The monoisotopic (exact) mass is 286 g/mol. The summed E-state index contributed by atoms with van der Waals surface area (Å²) in [6.07, 6.45) is -3.04. The van der Waals surface area contributed by atoms with E-state index in [0.29, 0.717) is 17.0 Å². The van der Waals surface area contributed by atoms with Gasteiger partial charge in [-0.1, -0.05) is 0 Å². The highest BCUT2D eigenvalue weighted by atomic mass is 19.4. The minimum Gasteiger partial charge on any atom is -0.383 e. The number of nitrogens with one attached hydrogen (secondary N) is 1. The molecule has 0 saturated heterocycles. The molecule has 2 aromatic rings. The van der Waals surface area contributed by atoms with E-state index in [0.717, 1.165) is 0 Å². The molecule has 0 aromatic carbocycles. The van der Waals surface area contributed by atoms with Gasteiger partial charge in [-0.2, -0.15) is 18.3 Å². The molecule has 0 spiro atoms. The second-order valence-electron chi connectivity index (χ2n) is 4.94. The van der Waals surface area contributed by atoms with Gasteiger partial charge in [0.15, 0.2) is 11.1 Å². The smallest absolute Gasteiger partial charge is 0.383 e. The van der Waals surface area contributed by atoms with Crippen LogP contribution in [0, 0.1) is 6.92 Å². The third kappa shape index (κ3) is 1.60. The van der Waals surface area contributed by atoms with E-state index in [1.807, 2.05) is 0 Å². The van der Waals surface area contributed by atoms with E-state index in [2.05, 4.69) is 15.4 Å². The van der Waals surface area contributed by atoms with E-state index in [4.69, 9.17) is 4.74 Å². The molecular weight excluding hydrogens is 273 g/mol. The topological polar surface area (TPSA) is 51.5 Å². The van der Waals surface area contributed by atoms with Crippen molar-refractivity contribution in [3.05, 3.63) is 23.7 Å². The normalized spacial score (nSPS) is 22.1. The molecule has 8 heteroatoms. The number of hydrogen-bond donors (Lipinski definition) is 1. The molecule has 1 atom stereocenters. The van der Waals surface area contributed by atoms with Crippen molar-refractivity contribution in [3.8, 4) is 0 Å². The third-order valence-electron chi connectivity index (χ3n) is 3.57. The van der Waals surface area contributed by atoms with Crippen LogP contribution in [0.1, 0.15) is 11.4 Å². The molecule has 3 heterocycles. The van der Waals surface area contributed by atoms with E-state index in [-0.39, 0.29) is 12.2 Å². The maximum atomic E-state index is 13.6. The summed E-state index contributed by atoms with van der Waals surface area (Å²) >= 11 is 0. The number of nitrogens with zero attached hydrogens (tertiary/aromatic N) is 3. The predicted octanol–water partition coefficient (Wildman–Crippen LogP) is 1.91. The Morgan fingerprint density at radius 3 is 2.90 bits per heavy atom. The molecule has 1 aliphatic rings. The van der Waals surface area contributed by atoms with Gasteiger partial charge in [0.2, 0.25) is 0 Å². The Bertz CT molecular complexity index is 663. The molecule has 5 nitrogen and oxygen atoms in total. The SMILES string of the molecule is COCC1(C(F)(F)F)CNc2cnc3cc(C)nn3c21. The Kier molecular flexibility index (Phi) is 2.69. The summed E-state index contributed by atoms with van der Waals surface area (Å²) < 4.78 is 47.0. The number of ether oxygens (including phenoxy) is 1. The van der Waals surface area contributed by atoms with Gasteiger partial charge < -0.3 is 10.1 Å². The third-order valence-corrected chi connectivity index (χ3v) is 3.57. The van der Waals surface area contributed by atoms with E-state index in [1.165, 1.54) is 17.8 Å². The number of aromatic nitrogens is 3. The van der Waals surface area contributed by atoms with E-state index < -0.39 is 18.2 Å². The highest BCUT2D eigenvalue weighted by molar-refractivity contribution is 5.61. The van der Waals surface area contributed by atoms with Gasteiger partial charge in [0.1, 0.15) is 0 Å². The first-order chi connectivity index (χ1) is 9.39. The van der Waals surface area contributed by atoms with Crippen LogP contribution in [0.2, 0.25) is 0 Å². The minimum absolute atomic E-state index is 0.0601. The van der Waals surface area contributed by atoms with E-state index >= 15 is 0 Å². The van der Waals surface area contributed by atoms with Crippen LogP contribution in [-0.4, -0.2) is 41.0 Å². The second kappa shape index (κ2) is 4.08. The Labute approximate surface area is 112 Å². The highest BCUT2D eigenvalue weighted by Gasteiger charge is 2.61. The van der Waals surface area contributed by atoms with Crippen molar-refractivity contribution in [1.82, 2.24) is 14.6 Å². The molecule has 0 fully saturated rings. The van der Waals surface area contributed by atoms with Crippen LogP contribution in [0.3, 0.4) is 0 Å². The first kappa shape index (κ1) is 13.2. The molecule has 1 N–H and O–H groups in total. The lowest BCUT2D eigenvalue weighted by Gasteiger charge is -2.30. The molecule has 108 valence electrons. The van der Waals surface area contributed by atoms with Crippen LogP contribution in [0.15, 0.2) is 12.3 Å². The summed E-state index contributed by atoms with van der Waals surface area (Å²) in [4.78, 5) is 4.11. The van der Waals surface area contributed by atoms with Crippen LogP contribution < -0.4 is 5.32 Å². The summed E-state index contributed by atoms with van der Waals surface area (Å²) in [6, 6.07) is 1.65. The van der Waals surface area contributed by atoms with Crippen molar-refractivity contribution < 1.29 is 17.9 Å². The zero-order chi connectivity index (χ0) is 14.5. The molecular formula is C12H13F3N4O.